The molecule has 0 aliphatic heterocycles. The minimum atomic E-state index is -1.27. The fourth-order valence-electron chi connectivity index (χ4n) is 1.21. The van der Waals surface area contributed by atoms with Crippen LogP contribution in [0.3, 0.4) is 0 Å². The maximum Gasteiger partial charge on any atom is 0.129 e. The van der Waals surface area contributed by atoms with Crippen LogP contribution in [-0.2, 0) is 4.74 Å². The molecule has 0 aliphatic carbocycles. The van der Waals surface area contributed by atoms with Gasteiger partial charge in [-0.2, -0.15) is 0 Å². The van der Waals surface area contributed by atoms with E-state index in [9.17, 15) is 15.3 Å². The molecule has 0 aliphatic rings. The lowest BCUT2D eigenvalue weighted by Crippen LogP contribution is -2.39. The monoisotopic (exact) mass is 308 g/mol. The van der Waals surface area contributed by atoms with Crippen LogP contribution in [0, 0.1) is 0 Å². The maximum absolute atomic E-state index is 9.76. The van der Waals surface area contributed by atoms with Gasteiger partial charge in [0.2, 0.25) is 0 Å². The van der Waals surface area contributed by atoms with Gasteiger partial charge in [-0.25, -0.2) is 0 Å². The smallest absolute Gasteiger partial charge is 0.129 e. The summed E-state index contributed by atoms with van der Waals surface area (Å²) in [7, 11) is 1.80. The number of aliphatic hydroxyl groups excluding tert-OH is 3. The van der Waals surface area contributed by atoms with Crippen molar-refractivity contribution in [3.63, 3.8) is 0 Å². The zero-order valence-electron chi connectivity index (χ0n) is 12.1. The molecule has 9 heteroatoms. The van der Waals surface area contributed by atoms with E-state index in [1.807, 2.05) is 18.7 Å². The van der Waals surface area contributed by atoms with Gasteiger partial charge in [0.1, 0.15) is 17.6 Å². The zero-order valence-corrected chi connectivity index (χ0v) is 12.9. The Morgan fingerprint density at radius 2 is 2.00 bits per heavy atom. The molecular formula is C11H24N4O4S. The van der Waals surface area contributed by atoms with Gasteiger partial charge in [-0.1, -0.05) is 5.11 Å². The minimum absolute atomic E-state index is 0.0246. The number of hydrogen-bond donors (Lipinski definition) is 3. The normalized spacial score (nSPS) is 16.0. The second kappa shape index (κ2) is 11.2. The van der Waals surface area contributed by atoms with Gasteiger partial charge < -0.3 is 20.1 Å². The summed E-state index contributed by atoms with van der Waals surface area (Å²) >= 11 is 1.09. The van der Waals surface area contributed by atoms with Gasteiger partial charge in [0.25, 0.3) is 0 Å². The zero-order chi connectivity index (χ0) is 15.5. The molecule has 0 saturated heterocycles. The van der Waals surface area contributed by atoms with Gasteiger partial charge in [-0.3, -0.25) is 4.90 Å². The van der Waals surface area contributed by atoms with Crippen LogP contribution in [0.4, 0.5) is 0 Å². The summed E-state index contributed by atoms with van der Waals surface area (Å²) in [6, 6.07) is 0. The van der Waals surface area contributed by atoms with E-state index in [0.29, 0.717) is 19.0 Å². The lowest BCUT2D eigenvalue weighted by molar-refractivity contribution is -0.0757. The highest BCUT2D eigenvalue weighted by molar-refractivity contribution is 7.99. The highest BCUT2D eigenvalue weighted by Crippen LogP contribution is 2.16. The van der Waals surface area contributed by atoms with E-state index in [-0.39, 0.29) is 12.7 Å². The predicted molar refractivity (Wildman–Crippen MR) is 78.2 cm³/mol. The Morgan fingerprint density at radius 1 is 1.35 bits per heavy atom. The van der Waals surface area contributed by atoms with Crippen LogP contribution in [0.1, 0.15) is 13.8 Å². The molecule has 0 radical (unpaired) electrons. The van der Waals surface area contributed by atoms with E-state index < -0.39 is 17.6 Å². The molecule has 0 fully saturated rings. The first-order chi connectivity index (χ1) is 9.38. The fourth-order valence-corrected chi connectivity index (χ4v) is 2.12. The summed E-state index contributed by atoms with van der Waals surface area (Å²) in [4.78, 5) is 4.48. The average Bonchev–Trinajstić information content (AvgIpc) is 2.41. The summed E-state index contributed by atoms with van der Waals surface area (Å²) in [6.07, 6.45) is -2.45. The Labute approximate surface area is 123 Å². The Bertz CT molecular complexity index is 302. The lowest BCUT2D eigenvalue weighted by Gasteiger charge is -2.24. The minimum Gasteiger partial charge on any atom is -0.388 e. The Morgan fingerprint density at radius 3 is 2.55 bits per heavy atom. The number of thioether (sulfide) groups is 1. The molecule has 0 saturated carbocycles. The fraction of sp³-hybridized carbons (Fsp3) is 1.00. The van der Waals surface area contributed by atoms with E-state index in [2.05, 4.69) is 10.0 Å². The van der Waals surface area contributed by atoms with Gasteiger partial charge >= 0.3 is 0 Å². The molecule has 0 rings (SSSR count). The standard InChI is InChI=1S/C11H24N4O4S/c1-8(2)19-6-9(16)10(17)11(18)20-7-15(3)5-4-13-14-12/h8-11,16-18H,4-7H2,1-3H3/t9-,10-,11-/m1/s1. The van der Waals surface area contributed by atoms with Gasteiger partial charge in [-0.15, -0.1) is 11.8 Å². The van der Waals surface area contributed by atoms with Gasteiger partial charge in [-0.05, 0) is 26.4 Å². The van der Waals surface area contributed by atoms with E-state index >= 15 is 0 Å². The number of likely N-dealkylation sites (N-methyl/N-ethyl adjacent to an activating group) is 1. The van der Waals surface area contributed by atoms with E-state index in [1.165, 1.54) is 0 Å². The van der Waals surface area contributed by atoms with Crippen molar-refractivity contribution in [2.45, 2.75) is 37.6 Å². The lowest BCUT2D eigenvalue weighted by atomic mass is 10.2. The quantitative estimate of drug-likeness (QED) is 0.219. The molecule has 0 amide bonds. The molecule has 0 heterocycles. The van der Waals surface area contributed by atoms with Crippen LogP contribution in [0.15, 0.2) is 5.11 Å². The Kier molecular flexibility index (Phi) is 10.9. The molecule has 118 valence electrons. The van der Waals surface area contributed by atoms with Crippen molar-refractivity contribution >= 4 is 11.8 Å². The predicted octanol–water partition coefficient (Wildman–Crippen LogP) is 0.384. The summed E-state index contributed by atoms with van der Waals surface area (Å²) in [6.45, 7) is 4.52. The number of nitrogens with zero attached hydrogens (tertiary/aromatic N) is 4. The van der Waals surface area contributed by atoms with Gasteiger partial charge in [0, 0.05) is 23.9 Å². The number of hydrogen-bond acceptors (Lipinski definition) is 7. The molecule has 3 N–H and O–H groups in total. The third kappa shape index (κ3) is 9.38. The first kappa shape index (κ1) is 19.5. The van der Waals surface area contributed by atoms with Crippen molar-refractivity contribution in [2.24, 2.45) is 5.11 Å². The molecule has 3 atom stereocenters. The number of aliphatic hydroxyl groups is 3. The van der Waals surface area contributed by atoms with Gasteiger partial charge in [0.15, 0.2) is 0 Å². The largest absolute Gasteiger partial charge is 0.388 e. The van der Waals surface area contributed by atoms with Crippen LogP contribution in [0.5, 0.6) is 0 Å². The molecule has 0 aromatic heterocycles. The third-order valence-corrected chi connectivity index (χ3v) is 3.61. The van der Waals surface area contributed by atoms with Crippen molar-refractivity contribution < 1.29 is 20.1 Å². The SMILES string of the molecule is CC(C)OC[C@@H](O)[C@@H](O)[C@H](O)SCN(C)CCN=[N+]=[N-]. The van der Waals surface area contributed by atoms with Crippen molar-refractivity contribution in [1.82, 2.24) is 4.90 Å². The summed E-state index contributed by atoms with van der Waals surface area (Å²) in [5.41, 5.74) is 7.03. The van der Waals surface area contributed by atoms with Crippen molar-refractivity contribution in [1.29, 1.82) is 0 Å². The van der Waals surface area contributed by atoms with Crippen LogP contribution >= 0.6 is 11.8 Å². The maximum atomic E-state index is 9.76. The van der Waals surface area contributed by atoms with Crippen molar-refractivity contribution in [3.8, 4) is 0 Å². The molecule has 0 unspecified atom stereocenters. The number of ether oxygens (including phenoxy) is 1. The van der Waals surface area contributed by atoms with Crippen LogP contribution < -0.4 is 0 Å². The van der Waals surface area contributed by atoms with E-state index in [4.69, 9.17) is 10.3 Å². The Balaban J connectivity index is 3.93. The highest BCUT2D eigenvalue weighted by Gasteiger charge is 2.25. The summed E-state index contributed by atoms with van der Waals surface area (Å²) in [5, 5.41) is 32.6. The molecule has 0 spiro atoms. The number of azide groups is 1. The van der Waals surface area contributed by atoms with E-state index in [1.54, 1.807) is 7.05 Å². The summed E-state index contributed by atoms with van der Waals surface area (Å²) < 4.78 is 5.18. The average molecular weight is 308 g/mol. The summed E-state index contributed by atoms with van der Waals surface area (Å²) in [5.74, 6) is 0.441. The van der Waals surface area contributed by atoms with Crippen LogP contribution in [-0.4, -0.2) is 76.6 Å². The molecule has 0 bridgehead atoms. The highest BCUT2D eigenvalue weighted by atomic mass is 32.2. The first-order valence-corrected chi connectivity index (χ1v) is 7.40. The van der Waals surface area contributed by atoms with E-state index in [0.717, 1.165) is 11.8 Å². The van der Waals surface area contributed by atoms with Crippen LogP contribution in [0.2, 0.25) is 0 Å². The number of rotatable bonds is 11. The van der Waals surface area contributed by atoms with Gasteiger partial charge in [0.05, 0.1) is 12.7 Å². The first-order valence-electron chi connectivity index (χ1n) is 6.35. The topological polar surface area (TPSA) is 122 Å². The molecule has 0 aromatic carbocycles. The molecule has 8 nitrogen and oxygen atoms in total. The van der Waals surface area contributed by atoms with Crippen molar-refractivity contribution in [2.75, 3.05) is 32.6 Å². The van der Waals surface area contributed by atoms with Crippen molar-refractivity contribution in [3.05, 3.63) is 10.4 Å². The Hall–Kier alpha value is -0.540. The molecular weight excluding hydrogens is 284 g/mol. The van der Waals surface area contributed by atoms with Crippen LogP contribution in [0.25, 0.3) is 10.4 Å². The molecule has 20 heavy (non-hydrogen) atoms. The third-order valence-electron chi connectivity index (χ3n) is 2.40. The second-order valence-corrected chi connectivity index (χ2v) is 5.74. The molecule has 0 aromatic rings. The second-order valence-electron chi connectivity index (χ2n) is 4.66.